The highest BCUT2D eigenvalue weighted by Gasteiger charge is 2.25. The van der Waals surface area contributed by atoms with Crippen LogP contribution in [0.1, 0.15) is 19.3 Å². The van der Waals surface area contributed by atoms with Crippen molar-refractivity contribution < 1.29 is 8.42 Å². The number of benzene rings is 1. The van der Waals surface area contributed by atoms with Gasteiger partial charge in [0.25, 0.3) is 0 Å². The van der Waals surface area contributed by atoms with Gasteiger partial charge < -0.3 is 5.32 Å². The molecule has 0 aromatic heterocycles. The fourth-order valence-electron chi connectivity index (χ4n) is 2.14. The molecule has 0 saturated carbocycles. The molecule has 1 fully saturated rings. The SMILES string of the molecule is N#CCNc1ccc(S(=O)(=O)N2CCCCC2)cc1. The van der Waals surface area contributed by atoms with E-state index in [4.69, 9.17) is 5.26 Å². The van der Waals surface area contributed by atoms with Crippen LogP contribution in [0.15, 0.2) is 29.2 Å². The van der Waals surface area contributed by atoms with Gasteiger partial charge >= 0.3 is 0 Å². The van der Waals surface area contributed by atoms with E-state index in [1.807, 2.05) is 6.07 Å². The van der Waals surface area contributed by atoms with Gasteiger partial charge in [-0.1, -0.05) is 6.42 Å². The predicted molar refractivity (Wildman–Crippen MR) is 73.2 cm³/mol. The number of rotatable bonds is 4. The van der Waals surface area contributed by atoms with Crippen molar-refractivity contribution in [3.63, 3.8) is 0 Å². The van der Waals surface area contributed by atoms with Gasteiger partial charge in [-0.15, -0.1) is 0 Å². The molecule has 19 heavy (non-hydrogen) atoms. The molecule has 0 spiro atoms. The number of hydrogen-bond acceptors (Lipinski definition) is 4. The Hall–Kier alpha value is -1.58. The van der Waals surface area contributed by atoms with Crippen molar-refractivity contribution >= 4 is 15.7 Å². The Balaban J connectivity index is 2.14. The van der Waals surface area contributed by atoms with Crippen LogP contribution in [-0.4, -0.2) is 32.4 Å². The van der Waals surface area contributed by atoms with Crippen LogP contribution in [0.2, 0.25) is 0 Å². The lowest BCUT2D eigenvalue weighted by Crippen LogP contribution is -2.35. The number of piperidine rings is 1. The first-order valence-electron chi connectivity index (χ1n) is 6.35. The van der Waals surface area contributed by atoms with Gasteiger partial charge in [-0.25, -0.2) is 8.42 Å². The molecular formula is C13H17N3O2S. The molecule has 1 aromatic rings. The number of nitriles is 1. The standard InChI is InChI=1S/C13H17N3O2S/c14-8-9-15-12-4-6-13(7-5-12)19(17,18)16-10-2-1-3-11-16/h4-7,15H,1-3,9-11H2. The maximum absolute atomic E-state index is 12.4. The van der Waals surface area contributed by atoms with Gasteiger partial charge in [0.2, 0.25) is 10.0 Å². The van der Waals surface area contributed by atoms with Crippen LogP contribution in [0.5, 0.6) is 0 Å². The highest BCUT2D eigenvalue weighted by molar-refractivity contribution is 7.89. The second kappa shape index (κ2) is 6.04. The second-order valence-electron chi connectivity index (χ2n) is 4.50. The van der Waals surface area contributed by atoms with Crippen molar-refractivity contribution in [3.8, 4) is 6.07 Å². The predicted octanol–water partition coefficient (Wildman–Crippen LogP) is 1.80. The number of hydrogen-bond donors (Lipinski definition) is 1. The van der Waals surface area contributed by atoms with E-state index in [0.717, 1.165) is 24.9 Å². The summed E-state index contributed by atoms with van der Waals surface area (Å²) < 4.78 is 26.3. The van der Waals surface area contributed by atoms with E-state index in [1.165, 1.54) is 0 Å². The molecule has 1 aromatic carbocycles. The maximum atomic E-state index is 12.4. The number of anilines is 1. The lowest BCUT2D eigenvalue weighted by atomic mass is 10.2. The number of nitrogens with one attached hydrogen (secondary N) is 1. The lowest BCUT2D eigenvalue weighted by molar-refractivity contribution is 0.346. The molecule has 102 valence electrons. The normalized spacial score (nSPS) is 16.8. The Kier molecular flexibility index (Phi) is 4.40. The largest absolute Gasteiger partial charge is 0.372 e. The van der Waals surface area contributed by atoms with Gasteiger partial charge in [-0.3, -0.25) is 0 Å². The van der Waals surface area contributed by atoms with Crippen molar-refractivity contribution in [2.75, 3.05) is 25.0 Å². The van der Waals surface area contributed by atoms with E-state index in [9.17, 15) is 8.42 Å². The zero-order valence-electron chi connectivity index (χ0n) is 10.7. The Morgan fingerprint density at radius 3 is 2.37 bits per heavy atom. The van der Waals surface area contributed by atoms with E-state index in [0.29, 0.717) is 18.0 Å². The van der Waals surface area contributed by atoms with Crippen LogP contribution >= 0.6 is 0 Å². The molecule has 1 N–H and O–H groups in total. The summed E-state index contributed by atoms with van der Waals surface area (Å²) in [5.74, 6) is 0. The van der Waals surface area contributed by atoms with Gasteiger partial charge in [0.15, 0.2) is 0 Å². The molecule has 0 bridgehead atoms. The van der Waals surface area contributed by atoms with Gasteiger partial charge in [0.05, 0.1) is 11.0 Å². The first kappa shape index (κ1) is 13.8. The summed E-state index contributed by atoms with van der Waals surface area (Å²) in [6, 6.07) is 8.53. The molecule has 5 nitrogen and oxygen atoms in total. The van der Waals surface area contributed by atoms with Gasteiger partial charge in [0, 0.05) is 18.8 Å². The topological polar surface area (TPSA) is 73.2 Å². The maximum Gasteiger partial charge on any atom is 0.243 e. The first-order chi connectivity index (χ1) is 9.14. The molecule has 1 heterocycles. The van der Waals surface area contributed by atoms with Gasteiger partial charge in [-0.2, -0.15) is 9.57 Å². The molecule has 0 amide bonds. The molecule has 0 aliphatic carbocycles. The Morgan fingerprint density at radius 2 is 1.79 bits per heavy atom. The highest BCUT2D eigenvalue weighted by atomic mass is 32.2. The molecule has 0 radical (unpaired) electrons. The minimum Gasteiger partial charge on any atom is -0.372 e. The van der Waals surface area contributed by atoms with E-state index in [-0.39, 0.29) is 6.54 Å². The van der Waals surface area contributed by atoms with Gasteiger partial charge in [0.1, 0.15) is 6.54 Å². The highest BCUT2D eigenvalue weighted by Crippen LogP contribution is 2.21. The molecule has 1 aliphatic heterocycles. The third-order valence-corrected chi connectivity index (χ3v) is 5.09. The van der Waals surface area contributed by atoms with Crippen molar-refractivity contribution in [1.29, 1.82) is 5.26 Å². The number of sulfonamides is 1. The number of nitrogens with zero attached hydrogens (tertiary/aromatic N) is 2. The summed E-state index contributed by atoms with van der Waals surface area (Å²) in [6.45, 7) is 1.42. The third-order valence-electron chi connectivity index (χ3n) is 3.18. The van der Waals surface area contributed by atoms with E-state index in [1.54, 1.807) is 28.6 Å². The molecule has 1 saturated heterocycles. The second-order valence-corrected chi connectivity index (χ2v) is 6.44. The van der Waals surface area contributed by atoms with Gasteiger partial charge in [-0.05, 0) is 37.1 Å². The smallest absolute Gasteiger partial charge is 0.243 e. The van der Waals surface area contributed by atoms with Crippen LogP contribution in [-0.2, 0) is 10.0 Å². The van der Waals surface area contributed by atoms with Crippen LogP contribution in [0, 0.1) is 11.3 Å². The Morgan fingerprint density at radius 1 is 1.16 bits per heavy atom. The molecule has 0 atom stereocenters. The average molecular weight is 279 g/mol. The van der Waals surface area contributed by atoms with Crippen molar-refractivity contribution in [1.82, 2.24) is 4.31 Å². The lowest BCUT2D eigenvalue weighted by Gasteiger charge is -2.25. The van der Waals surface area contributed by atoms with E-state index < -0.39 is 10.0 Å². The fourth-order valence-corrected chi connectivity index (χ4v) is 3.66. The summed E-state index contributed by atoms with van der Waals surface area (Å²) in [7, 11) is -3.36. The summed E-state index contributed by atoms with van der Waals surface area (Å²) in [4.78, 5) is 0.317. The third kappa shape index (κ3) is 3.25. The van der Waals surface area contributed by atoms with E-state index >= 15 is 0 Å². The summed E-state index contributed by atoms with van der Waals surface area (Å²) in [5, 5.41) is 11.3. The molecule has 1 aliphatic rings. The molecule has 6 heteroatoms. The van der Waals surface area contributed by atoms with Crippen LogP contribution < -0.4 is 5.32 Å². The van der Waals surface area contributed by atoms with Crippen LogP contribution in [0.3, 0.4) is 0 Å². The summed E-state index contributed by atoms with van der Waals surface area (Å²) in [5.41, 5.74) is 0.749. The van der Waals surface area contributed by atoms with Crippen LogP contribution in [0.25, 0.3) is 0 Å². The summed E-state index contributed by atoms with van der Waals surface area (Å²) >= 11 is 0. The minimum absolute atomic E-state index is 0.207. The zero-order chi connectivity index (χ0) is 13.7. The monoisotopic (exact) mass is 279 g/mol. The Bertz CT molecular complexity index is 555. The van der Waals surface area contributed by atoms with Crippen molar-refractivity contribution in [2.24, 2.45) is 0 Å². The average Bonchev–Trinajstić information content (AvgIpc) is 2.46. The van der Waals surface area contributed by atoms with Crippen molar-refractivity contribution in [3.05, 3.63) is 24.3 Å². The van der Waals surface area contributed by atoms with E-state index in [2.05, 4.69) is 5.32 Å². The molecular weight excluding hydrogens is 262 g/mol. The molecule has 2 rings (SSSR count). The van der Waals surface area contributed by atoms with Crippen LogP contribution in [0.4, 0.5) is 5.69 Å². The van der Waals surface area contributed by atoms with Crippen molar-refractivity contribution in [2.45, 2.75) is 24.2 Å². The summed E-state index contributed by atoms with van der Waals surface area (Å²) in [6.07, 6.45) is 2.96. The fraction of sp³-hybridized carbons (Fsp3) is 0.462. The Labute approximate surface area is 113 Å². The zero-order valence-corrected chi connectivity index (χ0v) is 11.5. The molecule has 0 unspecified atom stereocenters. The minimum atomic E-state index is -3.36. The first-order valence-corrected chi connectivity index (χ1v) is 7.79. The quantitative estimate of drug-likeness (QED) is 0.853.